The van der Waals surface area contributed by atoms with Gasteiger partial charge in [-0.2, -0.15) is 25.3 Å². The molecule has 2 heterocycles. The third kappa shape index (κ3) is 6.51. The van der Waals surface area contributed by atoms with Gasteiger partial charge in [-0.05, 0) is 49.2 Å². The summed E-state index contributed by atoms with van der Waals surface area (Å²) in [6, 6.07) is 13.1. The lowest BCUT2D eigenvalue weighted by atomic mass is 10.1. The average Bonchev–Trinajstić information content (AvgIpc) is 2.75. The Kier molecular flexibility index (Phi) is 8.04. The lowest BCUT2D eigenvalue weighted by molar-refractivity contribution is 0.0943. The molecule has 4 rings (SSSR count). The van der Waals surface area contributed by atoms with E-state index in [9.17, 15) is 0 Å². The number of benzene rings is 2. The van der Waals surface area contributed by atoms with Crippen LogP contribution in [-0.2, 0) is 13.1 Å². The Labute approximate surface area is 201 Å². The maximum Gasteiger partial charge on any atom is 0.142 e. The maximum absolute atomic E-state index is 5.96. The molecule has 0 radical (unpaired) electrons. The van der Waals surface area contributed by atoms with Gasteiger partial charge in [0.15, 0.2) is 0 Å². The van der Waals surface area contributed by atoms with E-state index in [4.69, 9.17) is 9.47 Å². The Bertz CT molecular complexity index is 820. The zero-order valence-electron chi connectivity index (χ0n) is 18.3. The van der Waals surface area contributed by atoms with E-state index in [0.29, 0.717) is 24.0 Å². The normalized spacial score (nSPS) is 18.5. The molecular formula is C24H32N2O2S3. The molecule has 0 saturated carbocycles. The number of fused-ring (bicyclic) bond motifs is 2. The highest BCUT2D eigenvalue weighted by Crippen LogP contribution is 2.36. The van der Waals surface area contributed by atoms with Crippen molar-refractivity contribution >= 4 is 37.0 Å². The Morgan fingerprint density at radius 3 is 1.68 bits per heavy atom. The van der Waals surface area contributed by atoms with Crippen LogP contribution in [0.2, 0.25) is 0 Å². The Balaban J connectivity index is 1.41. The van der Waals surface area contributed by atoms with Gasteiger partial charge in [-0.3, -0.25) is 9.80 Å². The Hall–Kier alpha value is -0.990. The molecule has 2 aromatic carbocycles. The van der Waals surface area contributed by atoms with Crippen LogP contribution in [0.4, 0.5) is 0 Å². The van der Waals surface area contributed by atoms with Crippen molar-refractivity contribution < 1.29 is 9.47 Å². The van der Waals surface area contributed by atoms with Crippen molar-refractivity contribution in [3.05, 3.63) is 47.5 Å². The zero-order chi connectivity index (χ0) is 21.8. The van der Waals surface area contributed by atoms with E-state index in [2.05, 4.69) is 85.3 Å². The van der Waals surface area contributed by atoms with Crippen LogP contribution in [0, 0.1) is 0 Å². The monoisotopic (exact) mass is 476 g/mol. The minimum Gasteiger partial charge on any atom is -0.478 e. The standard InChI is InChI=1S/C24H32N2O2S3/c1-17(29)7-9-25-13-19-11-21(3-5-23(19)27-15-25)31-22-4-6-24-20(12-22)14-26(16-28-24)10-8-18(2)30/h3-6,11-12,17-18,29-30H,7-10,13-16H2,1-2H3. The SMILES string of the molecule is CC(S)CCN1COc2ccc(Sc3ccc4c(c3)CN(CCC(C)S)CO4)cc2C1. The van der Waals surface area contributed by atoms with Crippen LogP contribution in [0.25, 0.3) is 0 Å². The summed E-state index contributed by atoms with van der Waals surface area (Å²) in [5.41, 5.74) is 2.52. The molecule has 0 spiro atoms. The van der Waals surface area contributed by atoms with E-state index in [1.165, 1.54) is 20.9 Å². The molecule has 0 fully saturated rings. The minimum absolute atomic E-state index is 0.411. The molecular weight excluding hydrogens is 444 g/mol. The van der Waals surface area contributed by atoms with Crippen LogP contribution in [0.15, 0.2) is 46.2 Å². The summed E-state index contributed by atoms with van der Waals surface area (Å²) in [7, 11) is 0. The van der Waals surface area contributed by atoms with Crippen molar-refractivity contribution in [2.75, 3.05) is 26.6 Å². The van der Waals surface area contributed by atoms with Gasteiger partial charge in [-0.15, -0.1) is 0 Å². The Morgan fingerprint density at radius 1 is 0.806 bits per heavy atom. The van der Waals surface area contributed by atoms with Crippen molar-refractivity contribution in [3.63, 3.8) is 0 Å². The molecule has 0 aliphatic carbocycles. The highest BCUT2D eigenvalue weighted by molar-refractivity contribution is 7.99. The molecule has 0 saturated heterocycles. The van der Waals surface area contributed by atoms with Gasteiger partial charge in [-0.25, -0.2) is 0 Å². The molecule has 2 unspecified atom stereocenters. The van der Waals surface area contributed by atoms with Crippen molar-refractivity contribution in [2.45, 2.75) is 60.1 Å². The van der Waals surface area contributed by atoms with Gasteiger partial charge < -0.3 is 9.47 Å². The van der Waals surface area contributed by atoms with E-state index in [1.54, 1.807) is 11.8 Å². The van der Waals surface area contributed by atoms with Crippen molar-refractivity contribution in [1.29, 1.82) is 0 Å². The number of rotatable bonds is 8. The first-order valence-electron chi connectivity index (χ1n) is 11.0. The molecule has 2 aromatic rings. The molecule has 2 aliphatic heterocycles. The summed E-state index contributed by atoms with van der Waals surface area (Å²) >= 11 is 10.8. The summed E-state index contributed by atoms with van der Waals surface area (Å²) in [5.74, 6) is 2.01. The third-order valence-electron chi connectivity index (χ3n) is 5.62. The molecule has 2 aliphatic rings. The van der Waals surface area contributed by atoms with Gasteiger partial charge >= 0.3 is 0 Å². The first kappa shape index (κ1) is 23.2. The highest BCUT2D eigenvalue weighted by atomic mass is 32.2. The molecule has 168 valence electrons. The van der Waals surface area contributed by atoms with Gasteiger partial charge in [-0.1, -0.05) is 25.6 Å². The van der Waals surface area contributed by atoms with E-state index >= 15 is 0 Å². The lowest BCUT2D eigenvalue weighted by Gasteiger charge is -2.30. The molecule has 0 bridgehead atoms. The summed E-state index contributed by atoms with van der Waals surface area (Å²) in [5, 5.41) is 0.821. The Morgan fingerprint density at radius 2 is 1.26 bits per heavy atom. The van der Waals surface area contributed by atoms with Crippen LogP contribution in [-0.4, -0.2) is 46.9 Å². The number of hydrogen-bond acceptors (Lipinski definition) is 7. The van der Waals surface area contributed by atoms with Gasteiger partial charge in [0, 0.05) is 57.6 Å². The average molecular weight is 477 g/mol. The van der Waals surface area contributed by atoms with Gasteiger partial charge in [0.25, 0.3) is 0 Å². The predicted molar refractivity (Wildman–Crippen MR) is 135 cm³/mol. The highest BCUT2D eigenvalue weighted by Gasteiger charge is 2.20. The van der Waals surface area contributed by atoms with E-state index in [1.807, 2.05) is 0 Å². The van der Waals surface area contributed by atoms with Crippen LogP contribution in [0.5, 0.6) is 11.5 Å². The van der Waals surface area contributed by atoms with Crippen molar-refractivity contribution in [3.8, 4) is 11.5 Å². The maximum atomic E-state index is 5.96. The summed E-state index contributed by atoms with van der Waals surface area (Å²) in [4.78, 5) is 7.17. The second-order valence-electron chi connectivity index (χ2n) is 8.57. The molecule has 0 aromatic heterocycles. The number of thiol groups is 2. The summed E-state index contributed by atoms with van der Waals surface area (Å²) in [6.07, 6.45) is 2.13. The van der Waals surface area contributed by atoms with Crippen LogP contribution < -0.4 is 9.47 Å². The predicted octanol–water partition coefficient (Wildman–Crippen LogP) is 5.56. The molecule has 31 heavy (non-hydrogen) atoms. The van der Waals surface area contributed by atoms with Gasteiger partial charge in [0.2, 0.25) is 0 Å². The fraction of sp³-hybridized carbons (Fsp3) is 0.500. The molecule has 0 amide bonds. The fourth-order valence-electron chi connectivity index (χ4n) is 3.82. The van der Waals surface area contributed by atoms with Gasteiger partial charge in [0.1, 0.15) is 25.0 Å². The number of nitrogens with zero attached hydrogens (tertiary/aromatic N) is 2. The second-order valence-corrected chi connectivity index (χ2v) is 11.5. The largest absolute Gasteiger partial charge is 0.478 e. The topological polar surface area (TPSA) is 24.9 Å². The second kappa shape index (κ2) is 10.8. The molecule has 2 atom stereocenters. The van der Waals surface area contributed by atoms with Crippen LogP contribution in [0.1, 0.15) is 37.8 Å². The summed E-state index contributed by atoms with van der Waals surface area (Å²) < 4.78 is 11.9. The lowest BCUT2D eigenvalue weighted by Crippen LogP contribution is -2.33. The fourth-order valence-corrected chi connectivity index (χ4v) is 5.00. The van der Waals surface area contributed by atoms with Gasteiger partial charge in [0.05, 0.1) is 0 Å². The van der Waals surface area contributed by atoms with Crippen molar-refractivity contribution in [1.82, 2.24) is 9.80 Å². The molecule has 0 N–H and O–H groups in total. The van der Waals surface area contributed by atoms with Crippen LogP contribution >= 0.6 is 37.0 Å². The first-order chi connectivity index (χ1) is 15.0. The minimum atomic E-state index is 0.411. The third-order valence-corrected chi connectivity index (χ3v) is 7.11. The van der Waals surface area contributed by atoms with Crippen LogP contribution in [0.3, 0.4) is 0 Å². The molecule has 7 heteroatoms. The van der Waals surface area contributed by atoms with E-state index < -0.39 is 0 Å². The number of ether oxygens (including phenoxy) is 2. The van der Waals surface area contributed by atoms with Crippen molar-refractivity contribution in [2.24, 2.45) is 0 Å². The smallest absolute Gasteiger partial charge is 0.142 e. The quantitative estimate of drug-likeness (QED) is 0.486. The first-order valence-corrected chi connectivity index (χ1v) is 12.8. The number of hydrogen-bond donors (Lipinski definition) is 2. The summed E-state index contributed by atoms with van der Waals surface area (Å²) in [6.45, 7) is 9.48. The van der Waals surface area contributed by atoms with E-state index in [0.717, 1.165) is 50.5 Å². The van der Waals surface area contributed by atoms with E-state index in [-0.39, 0.29) is 0 Å². The molecule has 4 nitrogen and oxygen atoms in total. The zero-order valence-corrected chi connectivity index (χ0v) is 20.9.